The number of hydrogen-bond donors (Lipinski definition) is 2. The first-order valence-corrected chi connectivity index (χ1v) is 8.85. The Morgan fingerprint density at radius 3 is 2.67 bits per heavy atom. The Morgan fingerprint density at radius 2 is 1.96 bits per heavy atom. The quantitative estimate of drug-likeness (QED) is 0.740. The largest absolute Gasteiger partial charge is 0.456 e. The first kappa shape index (κ1) is 17.0. The SMILES string of the molecule is O=C(c1ccc(Oc2ccccc2)cn1)N1CCCC[C@H]1c1n[nH]c(=O)[nH]1. The van der Waals surface area contributed by atoms with Crippen molar-refractivity contribution >= 4 is 5.91 Å². The van der Waals surface area contributed by atoms with Gasteiger partial charge >= 0.3 is 5.69 Å². The molecule has 8 heteroatoms. The average Bonchev–Trinajstić information content (AvgIpc) is 3.15. The first-order chi connectivity index (χ1) is 13.2. The highest BCUT2D eigenvalue weighted by atomic mass is 16.5. The van der Waals surface area contributed by atoms with Crippen LogP contribution >= 0.6 is 0 Å². The number of piperidine rings is 1. The maximum atomic E-state index is 13.0. The maximum absolute atomic E-state index is 13.0. The first-order valence-electron chi connectivity index (χ1n) is 8.85. The number of aromatic nitrogens is 4. The Hall–Kier alpha value is -3.42. The third-order valence-corrected chi connectivity index (χ3v) is 4.53. The molecule has 1 saturated heterocycles. The fourth-order valence-electron chi connectivity index (χ4n) is 3.24. The third kappa shape index (κ3) is 3.74. The molecule has 138 valence electrons. The summed E-state index contributed by atoms with van der Waals surface area (Å²) in [7, 11) is 0. The van der Waals surface area contributed by atoms with E-state index >= 15 is 0 Å². The van der Waals surface area contributed by atoms with E-state index in [1.807, 2.05) is 30.3 Å². The molecule has 0 unspecified atom stereocenters. The van der Waals surface area contributed by atoms with Crippen LogP contribution in [0.1, 0.15) is 41.6 Å². The number of H-pyrrole nitrogens is 2. The van der Waals surface area contributed by atoms with Gasteiger partial charge in [0.1, 0.15) is 17.2 Å². The second-order valence-electron chi connectivity index (χ2n) is 6.37. The summed E-state index contributed by atoms with van der Waals surface area (Å²) in [4.78, 5) is 33.0. The Morgan fingerprint density at radius 1 is 1.11 bits per heavy atom. The molecule has 8 nitrogen and oxygen atoms in total. The van der Waals surface area contributed by atoms with Crippen molar-refractivity contribution in [2.75, 3.05) is 6.54 Å². The standard InChI is InChI=1S/C19H19N5O3/c25-18(24-11-5-4-8-16(24)17-21-19(26)23-22-17)15-10-9-14(12-20-15)27-13-6-2-1-3-7-13/h1-3,6-7,9-10,12,16H,4-5,8,11H2,(H2,21,22,23,26)/t16-/m0/s1. The van der Waals surface area contributed by atoms with E-state index in [4.69, 9.17) is 4.74 Å². The van der Waals surface area contributed by atoms with E-state index in [0.29, 0.717) is 29.6 Å². The highest BCUT2D eigenvalue weighted by Gasteiger charge is 2.31. The van der Waals surface area contributed by atoms with Crippen molar-refractivity contribution < 1.29 is 9.53 Å². The molecule has 0 radical (unpaired) electrons. The second kappa shape index (κ2) is 7.45. The van der Waals surface area contributed by atoms with Crippen LogP contribution in [-0.4, -0.2) is 37.5 Å². The van der Waals surface area contributed by atoms with Gasteiger partial charge in [-0.2, -0.15) is 5.10 Å². The van der Waals surface area contributed by atoms with Crippen LogP contribution in [0.25, 0.3) is 0 Å². The molecule has 2 N–H and O–H groups in total. The average molecular weight is 365 g/mol. The zero-order valence-electron chi connectivity index (χ0n) is 14.6. The molecule has 3 heterocycles. The minimum absolute atomic E-state index is 0.185. The van der Waals surface area contributed by atoms with E-state index in [1.165, 1.54) is 6.20 Å². The fraction of sp³-hybridized carbons (Fsp3) is 0.263. The summed E-state index contributed by atoms with van der Waals surface area (Å²) in [6.45, 7) is 0.600. The summed E-state index contributed by atoms with van der Waals surface area (Å²) in [6.07, 6.45) is 4.17. The summed E-state index contributed by atoms with van der Waals surface area (Å²) in [5, 5.41) is 6.36. The topological polar surface area (TPSA) is 104 Å². The molecule has 4 rings (SSSR count). The summed E-state index contributed by atoms with van der Waals surface area (Å²) >= 11 is 0. The smallest absolute Gasteiger partial charge is 0.340 e. The number of likely N-dealkylation sites (tertiary alicyclic amines) is 1. The van der Waals surface area contributed by atoms with Gasteiger partial charge in [0.05, 0.1) is 12.2 Å². The third-order valence-electron chi connectivity index (χ3n) is 4.53. The minimum atomic E-state index is -0.372. The van der Waals surface area contributed by atoms with Gasteiger partial charge in [-0.25, -0.2) is 14.9 Å². The lowest BCUT2D eigenvalue weighted by Crippen LogP contribution is -2.39. The van der Waals surface area contributed by atoms with Gasteiger partial charge < -0.3 is 9.64 Å². The van der Waals surface area contributed by atoms with Crippen molar-refractivity contribution in [3.05, 3.63) is 70.7 Å². The number of nitrogens with one attached hydrogen (secondary N) is 2. The number of amides is 1. The molecule has 1 aliphatic rings. The van der Waals surface area contributed by atoms with Gasteiger partial charge in [0.25, 0.3) is 5.91 Å². The summed E-state index contributed by atoms with van der Waals surface area (Å²) in [5.41, 5.74) is -0.0382. The lowest BCUT2D eigenvalue weighted by Gasteiger charge is -2.34. The van der Waals surface area contributed by atoms with Gasteiger partial charge in [-0.05, 0) is 43.5 Å². The molecule has 1 amide bonds. The number of benzene rings is 1. The minimum Gasteiger partial charge on any atom is -0.456 e. The molecule has 0 aliphatic carbocycles. The van der Waals surface area contributed by atoms with Crippen molar-refractivity contribution in [2.45, 2.75) is 25.3 Å². The van der Waals surface area contributed by atoms with Gasteiger partial charge in [0.15, 0.2) is 5.82 Å². The Bertz CT molecular complexity index is 965. The Kier molecular flexibility index (Phi) is 4.69. The number of ether oxygens (including phenoxy) is 1. The number of nitrogens with zero attached hydrogens (tertiary/aromatic N) is 3. The van der Waals surface area contributed by atoms with Crippen molar-refractivity contribution in [3.8, 4) is 11.5 Å². The molecule has 2 aromatic heterocycles. The zero-order chi connectivity index (χ0) is 18.6. The van der Waals surface area contributed by atoms with E-state index in [1.54, 1.807) is 17.0 Å². The number of carbonyl (C=O) groups is 1. The number of pyridine rings is 1. The molecular formula is C19H19N5O3. The normalized spacial score (nSPS) is 16.9. The van der Waals surface area contributed by atoms with Gasteiger partial charge in [-0.15, -0.1) is 0 Å². The molecule has 0 spiro atoms. The van der Waals surface area contributed by atoms with Crippen LogP contribution in [0.15, 0.2) is 53.5 Å². The van der Waals surface area contributed by atoms with E-state index in [9.17, 15) is 9.59 Å². The van der Waals surface area contributed by atoms with E-state index in [-0.39, 0.29) is 17.6 Å². The zero-order valence-corrected chi connectivity index (χ0v) is 14.6. The van der Waals surface area contributed by atoms with Crippen LogP contribution < -0.4 is 10.4 Å². The predicted molar refractivity (Wildman–Crippen MR) is 97.6 cm³/mol. The van der Waals surface area contributed by atoms with E-state index in [2.05, 4.69) is 20.2 Å². The van der Waals surface area contributed by atoms with Gasteiger partial charge in [0, 0.05) is 6.54 Å². The summed E-state index contributed by atoms with van der Waals surface area (Å²) < 4.78 is 5.71. The molecule has 3 aromatic rings. The van der Waals surface area contributed by atoms with E-state index in [0.717, 1.165) is 19.3 Å². The maximum Gasteiger partial charge on any atom is 0.340 e. The second-order valence-corrected chi connectivity index (χ2v) is 6.37. The number of para-hydroxylation sites is 1. The monoisotopic (exact) mass is 365 g/mol. The number of hydrogen-bond acceptors (Lipinski definition) is 5. The van der Waals surface area contributed by atoms with Crippen LogP contribution in [0.5, 0.6) is 11.5 Å². The lowest BCUT2D eigenvalue weighted by molar-refractivity contribution is 0.0594. The molecule has 1 aliphatic heterocycles. The van der Waals surface area contributed by atoms with Gasteiger partial charge in [0.2, 0.25) is 0 Å². The van der Waals surface area contributed by atoms with Crippen molar-refractivity contribution in [1.82, 2.24) is 25.1 Å². The van der Waals surface area contributed by atoms with E-state index < -0.39 is 0 Å². The van der Waals surface area contributed by atoms with Crippen LogP contribution in [0.2, 0.25) is 0 Å². The highest BCUT2D eigenvalue weighted by Crippen LogP contribution is 2.29. The Balaban J connectivity index is 1.51. The van der Waals surface area contributed by atoms with Crippen LogP contribution in [-0.2, 0) is 0 Å². The summed E-state index contributed by atoms with van der Waals surface area (Å²) in [5.74, 6) is 1.56. The molecular weight excluding hydrogens is 346 g/mol. The van der Waals surface area contributed by atoms with Crippen LogP contribution in [0.4, 0.5) is 0 Å². The molecule has 0 bridgehead atoms. The van der Waals surface area contributed by atoms with Crippen molar-refractivity contribution in [3.63, 3.8) is 0 Å². The van der Waals surface area contributed by atoms with Gasteiger partial charge in [-0.1, -0.05) is 18.2 Å². The number of carbonyl (C=O) groups excluding carboxylic acids is 1. The fourth-order valence-corrected chi connectivity index (χ4v) is 3.24. The molecule has 0 saturated carbocycles. The number of rotatable bonds is 4. The molecule has 1 aromatic carbocycles. The highest BCUT2D eigenvalue weighted by molar-refractivity contribution is 5.92. The molecule has 1 fully saturated rings. The van der Waals surface area contributed by atoms with Crippen LogP contribution in [0, 0.1) is 0 Å². The van der Waals surface area contributed by atoms with Gasteiger partial charge in [-0.3, -0.25) is 9.78 Å². The predicted octanol–water partition coefficient (Wildman–Crippen LogP) is 2.65. The van der Waals surface area contributed by atoms with Crippen molar-refractivity contribution in [1.29, 1.82) is 0 Å². The van der Waals surface area contributed by atoms with Crippen LogP contribution in [0.3, 0.4) is 0 Å². The molecule has 1 atom stereocenters. The Labute approximate surface area is 155 Å². The lowest BCUT2D eigenvalue weighted by atomic mass is 10.0. The number of aromatic amines is 2. The summed E-state index contributed by atoms with van der Waals surface area (Å²) in [6, 6.07) is 12.5. The van der Waals surface area contributed by atoms with Crippen molar-refractivity contribution in [2.24, 2.45) is 0 Å². The molecule has 27 heavy (non-hydrogen) atoms.